The number of anilines is 1. The van der Waals surface area contributed by atoms with Crippen LogP contribution in [0.5, 0.6) is 5.75 Å². The van der Waals surface area contributed by atoms with E-state index in [9.17, 15) is 18.0 Å². The lowest BCUT2D eigenvalue weighted by Crippen LogP contribution is -2.18. The van der Waals surface area contributed by atoms with Crippen LogP contribution in [0.3, 0.4) is 0 Å². The van der Waals surface area contributed by atoms with Crippen molar-refractivity contribution in [2.75, 3.05) is 18.4 Å². The lowest BCUT2D eigenvalue weighted by atomic mass is 10.0. The Labute approximate surface area is 114 Å². The first-order valence-electron chi connectivity index (χ1n) is 6.29. The molecular formula is C13H15F3N2O2. The van der Waals surface area contributed by atoms with Crippen molar-refractivity contribution in [3.63, 3.8) is 0 Å². The van der Waals surface area contributed by atoms with Crippen LogP contribution >= 0.6 is 0 Å². The zero-order valence-electron chi connectivity index (χ0n) is 10.7. The van der Waals surface area contributed by atoms with Crippen molar-refractivity contribution in [3.8, 4) is 5.75 Å². The van der Waals surface area contributed by atoms with Crippen LogP contribution in [-0.2, 0) is 4.79 Å². The molecule has 110 valence electrons. The van der Waals surface area contributed by atoms with E-state index in [2.05, 4.69) is 15.4 Å². The Kier molecular flexibility index (Phi) is 4.84. The molecule has 1 aliphatic heterocycles. The molecule has 7 heteroatoms. The normalized spacial score (nSPS) is 18.3. The predicted octanol–water partition coefficient (Wildman–Crippen LogP) is 2.37. The fourth-order valence-corrected chi connectivity index (χ4v) is 2.13. The van der Waals surface area contributed by atoms with E-state index in [0.717, 1.165) is 31.6 Å². The van der Waals surface area contributed by atoms with E-state index in [4.69, 9.17) is 0 Å². The lowest BCUT2D eigenvalue weighted by Gasteiger charge is -2.10. The third kappa shape index (κ3) is 4.12. The number of hydrogen-bond acceptors (Lipinski definition) is 3. The predicted molar refractivity (Wildman–Crippen MR) is 67.3 cm³/mol. The summed E-state index contributed by atoms with van der Waals surface area (Å²) in [6, 6.07) is 3.35. The third-order valence-electron chi connectivity index (χ3n) is 3.07. The Morgan fingerprint density at radius 2 is 2.30 bits per heavy atom. The minimum atomic E-state index is -3.08. The van der Waals surface area contributed by atoms with Gasteiger partial charge in [0.15, 0.2) is 11.6 Å². The highest BCUT2D eigenvalue weighted by Gasteiger charge is 2.18. The van der Waals surface area contributed by atoms with Crippen molar-refractivity contribution in [2.45, 2.75) is 19.5 Å². The van der Waals surface area contributed by atoms with Gasteiger partial charge >= 0.3 is 6.61 Å². The van der Waals surface area contributed by atoms with Crippen molar-refractivity contribution in [1.29, 1.82) is 0 Å². The first-order chi connectivity index (χ1) is 9.54. The van der Waals surface area contributed by atoms with Crippen LogP contribution in [-0.4, -0.2) is 25.6 Å². The van der Waals surface area contributed by atoms with Crippen molar-refractivity contribution in [1.82, 2.24) is 5.32 Å². The summed E-state index contributed by atoms with van der Waals surface area (Å²) in [7, 11) is 0. The number of nitrogens with one attached hydrogen (secondary N) is 2. The molecule has 1 amide bonds. The van der Waals surface area contributed by atoms with Gasteiger partial charge in [-0.2, -0.15) is 8.78 Å². The van der Waals surface area contributed by atoms with Gasteiger partial charge in [-0.25, -0.2) is 4.39 Å². The molecule has 2 N–H and O–H groups in total. The molecule has 1 heterocycles. The van der Waals surface area contributed by atoms with Gasteiger partial charge in [-0.3, -0.25) is 4.79 Å². The fourth-order valence-electron chi connectivity index (χ4n) is 2.13. The van der Waals surface area contributed by atoms with Gasteiger partial charge in [0.1, 0.15) is 0 Å². The Morgan fingerprint density at radius 1 is 1.50 bits per heavy atom. The number of benzene rings is 1. The maximum atomic E-state index is 13.4. The second kappa shape index (κ2) is 6.60. The smallest absolute Gasteiger partial charge is 0.387 e. The molecule has 20 heavy (non-hydrogen) atoms. The molecule has 1 aromatic carbocycles. The quantitative estimate of drug-likeness (QED) is 0.874. The molecule has 0 saturated carbocycles. The highest BCUT2D eigenvalue weighted by molar-refractivity contribution is 5.90. The summed E-state index contributed by atoms with van der Waals surface area (Å²) < 4.78 is 41.4. The molecule has 1 atom stereocenters. The molecule has 1 aromatic rings. The topological polar surface area (TPSA) is 50.4 Å². The minimum Gasteiger partial charge on any atom is -0.432 e. The van der Waals surface area contributed by atoms with Crippen molar-refractivity contribution in [2.24, 2.45) is 5.92 Å². The number of carbonyl (C=O) groups is 1. The van der Waals surface area contributed by atoms with Gasteiger partial charge in [-0.15, -0.1) is 0 Å². The van der Waals surface area contributed by atoms with E-state index >= 15 is 0 Å². The van der Waals surface area contributed by atoms with Crippen molar-refractivity contribution < 1.29 is 22.7 Å². The highest BCUT2D eigenvalue weighted by atomic mass is 19.3. The second-order valence-electron chi connectivity index (χ2n) is 4.63. The Bertz CT molecular complexity index is 477. The van der Waals surface area contributed by atoms with Crippen molar-refractivity contribution in [3.05, 3.63) is 24.0 Å². The molecule has 1 fully saturated rings. The highest BCUT2D eigenvalue weighted by Crippen LogP contribution is 2.23. The molecule has 0 bridgehead atoms. The van der Waals surface area contributed by atoms with E-state index in [0.29, 0.717) is 6.42 Å². The van der Waals surface area contributed by atoms with Crippen molar-refractivity contribution >= 4 is 11.6 Å². The number of halogens is 3. The zero-order valence-corrected chi connectivity index (χ0v) is 10.7. The van der Waals surface area contributed by atoms with E-state index < -0.39 is 18.2 Å². The van der Waals surface area contributed by atoms with Gasteiger partial charge in [-0.1, -0.05) is 0 Å². The summed E-state index contributed by atoms with van der Waals surface area (Å²) in [6.07, 6.45) is 1.28. The minimum absolute atomic E-state index is 0.222. The summed E-state index contributed by atoms with van der Waals surface area (Å²) >= 11 is 0. The Hall–Kier alpha value is -1.76. The maximum Gasteiger partial charge on any atom is 0.387 e. The van der Waals surface area contributed by atoms with E-state index in [-0.39, 0.29) is 17.5 Å². The third-order valence-corrected chi connectivity index (χ3v) is 3.07. The van der Waals surface area contributed by atoms with Crippen LogP contribution in [0.2, 0.25) is 0 Å². The zero-order chi connectivity index (χ0) is 14.5. The Balaban J connectivity index is 1.92. The maximum absolute atomic E-state index is 13.4. The molecule has 1 unspecified atom stereocenters. The number of carbonyl (C=O) groups excluding carboxylic acids is 1. The molecule has 0 aliphatic carbocycles. The number of hydrogen-bond donors (Lipinski definition) is 2. The molecule has 0 radical (unpaired) electrons. The summed E-state index contributed by atoms with van der Waals surface area (Å²) in [6.45, 7) is -1.39. The molecule has 0 spiro atoms. The average molecular weight is 288 g/mol. The molecule has 4 nitrogen and oxygen atoms in total. The van der Waals surface area contributed by atoms with Gasteiger partial charge in [0, 0.05) is 18.2 Å². The first kappa shape index (κ1) is 14.6. The molecule has 1 aliphatic rings. The van der Waals surface area contributed by atoms with Gasteiger partial charge in [-0.05, 0) is 37.6 Å². The molecular weight excluding hydrogens is 273 g/mol. The number of rotatable bonds is 5. The van der Waals surface area contributed by atoms with Crippen LogP contribution in [0.1, 0.15) is 12.8 Å². The largest absolute Gasteiger partial charge is 0.432 e. The van der Waals surface area contributed by atoms with Gasteiger partial charge in [0.25, 0.3) is 0 Å². The summed E-state index contributed by atoms with van der Waals surface area (Å²) in [4.78, 5) is 11.7. The van der Waals surface area contributed by atoms with Crippen LogP contribution in [0.25, 0.3) is 0 Å². The van der Waals surface area contributed by atoms with Gasteiger partial charge in [0.2, 0.25) is 5.91 Å². The molecule has 2 rings (SSSR count). The van der Waals surface area contributed by atoms with Crippen LogP contribution in [0, 0.1) is 11.7 Å². The number of amides is 1. The van der Waals surface area contributed by atoms with Gasteiger partial charge < -0.3 is 15.4 Å². The first-order valence-corrected chi connectivity index (χ1v) is 6.29. The molecule has 0 aromatic heterocycles. The summed E-state index contributed by atoms with van der Waals surface area (Å²) in [5.41, 5.74) is 0.222. The number of ether oxygens (including phenoxy) is 1. The average Bonchev–Trinajstić information content (AvgIpc) is 2.85. The lowest BCUT2D eigenvalue weighted by molar-refractivity contribution is -0.117. The Morgan fingerprint density at radius 3 is 2.90 bits per heavy atom. The molecule has 1 saturated heterocycles. The standard InChI is InChI=1S/C13H15F3N2O2/c14-10-6-9(1-2-11(10)20-13(15)16)18-12(19)5-8-3-4-17-7-8/h1-2,6,8,13,17H,3-5,7H2,(H,18,19). The van der Waals surface area contributed by atoms with E-state index in [1.54, 1.807) is 0 Å². The van der Waals surface area contributed by atoms with Crippen LogP contribution in [0.4, 0.5) is 18.9 Å². The van der Waals surface area contributed by atoms with E-state index in [1.807, 2.05) is 0 Å². The van der Waals surface area contributed by atoms with Crippen LogP contribution in [0.15, 0.2) is 18.2 Å². The summed E-state index contributed by atoms with van der Waals surface area (Å²) in [5, 5.41) is 5.69. The van der Waals surface area contributed by atoms with Crippen LogP contribution < -0.4 is 15.4 Å². The second-order valence-corrected chi connectivity index (χ2v) is 4.63. The number of alkyl halides is 2. The SMILES string of the molecule is O=C(CC1CCNC1)Nc1ccc(OC(F)F)c(F)c1. The van der Waals surface area contributed by atoms with E-state index in [1.165, 1.54) is 6.07 Å². The van der Waals surface area contributed by atoms with Gasteiger partial charge in [0.05, 0.1) is 0 Å². The fraction of sp³-hybridized carbons (Fsp3) is 0.462. The summed E-state index contributed by atoms with van der Waals surface area (Å²) in [5.74, 6) is -1.43. The monoisotopic (exact) mass is 288 g/mol.